The third-order valence-electron chi connectivity index (χ3n) is 4.82. The van der Waals surface area contributed by atoms with Gasteiger partial charge in [-0.15, -0.1) is 0 Å². The van der Waals surface area contributed by atoms with Crippen molar-refractivity contribution in [1.82, 2.24) is 16.0 Å². The zero-order valence-corrected chi connectivity index (χ0v) is 21.3. The van der Waals surface area contributed by atoms with Gasteiger partial charge in [-0.1, -0.05) is 24.3 Å². The van der Waals surface area contributed by atoms with Crippen molar-refractivity contribution in [2.24, 2.45) is 0 Å². The van der Waals surface area contributed by atoms with Crippen LogP contribution in [0.5, 0.6) is 0 Å². The molecule has 1 aromatic carbocycles. The van der Waals surface area contributed by atoms with Crippen molar-refractivity contribution >= 4 is 31.0 Å². The molecule has 1 aromatic rings. The number of unbranched alkanes of at least 4 members (excludes halogenated alkanes) is 1. The van der Waals surface area contributed by atoms with Crippen LogP contribution in [0.1, 0.15) is 72.5 Å². The number of rotatable bonds is 9. The van der Waals surface area contributed by atoms with Crippen molar-refractivity contribution in [3.8, 4) is 0 Å². The molecule has 193 valence electrons. The number of nitrogens with one attached hydrogen (secondary N) is 3. The van der Waals surface area contributed by atoms with E-state index in [0.717, 1.165) is 11.0 Å². The summed E-state index contributed by atoms with van der Waals surface area (Å²) in [5, 5.41) is 18.4. The molecule has 1 heterocycles. The molecule has 0 bridgehead atoms. The van der Waals surface area contributed by atoms with Crippen molar-refractivity contribution in [3.63, 3.8) is 0 Å². The summed E-state index contributed by atoms with van der Waals surface area (Å²) in [7, 11) is 1.53. The molecule has 2 rings (SSSR count). The molecule has 3 unspecified atom stereocenters. The number of fused-ring (bicyclic) bond motifs is 1. The molecule has 3 amide bonds. The molecule has 0 fully saturated rings. The van der Waals surface area contributed by atoms with E-state index in [2.05, 4.69) is 16.0 Å². The van der Waals surface area contributed by atoms with Gasteiger partial charge in [0.15, 0.2) is 6.23 Å². The molecule has 1 radical (unpaired) electrons. The van der Waals surface area contributed by atoms with E-state index in [1.54, 1.807) is 41.5 Å². The van der Waals surface area contributed by atoms with Crippen molar-refractivity contribution in [2.45, 2.75) is 90.4 Å². The number of hydrogen-bond donors (Lipinski definition) is 4. The lowest BCUT2D eigenvalue weighted by Gasteiger charge is -2.26. The Morgan fingerprint density at radius 2 is 1.63 bits per heavy atom. The highest BCUT2D eigenvalue weighted by molar-refractivity contribution is 6.49. The normalized spacial score (nSPS) is 16.8. The average molecular weight is 490 g/mol. The van der Waals surface area contributed by atoms with E-state index < -0.39 is 47.7 Å². The molecule has 10 nitrogen and oxygen atoms in total. The highest BCUT2D eigenvalue weighted by atomic mass is 16.6. The fourth-order valence-corrected chi connectivity index (χ4v) is 3.36. The molecular weight excluding hydrogens is 453 g/mol. The number of ether oxygens (including phenoxy) is 2. The topological polar surface area (TPSA) is 135 Å². The van der Waals surface area contributed by atoms with Gasteiger partial charge in [0.25, 0.3) is 0 Å². The van der Waals surface area contributed by atoms with Gasteiger partial charge in [-0.25, -0.2) is 9.59 Å². The Labute approximate surface area is 207 Å². The maximum Gasteiger partial charge on any atom is 0.408 e. The number of carbonyl (C=O) groups excluding carboxylic acids is 3. The first-order valence-electron chi connectivity index (χ1n) is 11.8. The second kappa shape index (κ2) is 12.3. The zero-order chi connectivity index (χ0) is 26.2. The number of hydrogen-bond acceptors (Lipinski definition) is 7. The Balaban J connectivity index is 1.92. The highest BCUT2D eigenvalue weighted by Gasteiger charge is 2.33. The lowest BCUT2D eigenvalue weighted by molar-refractivity contribution is -0.128. The number of amides is 3. The molecule has 0 saturated heterocycles. The van der Waals surface area contributed by atoms with E-state index in [-0.39, 0.29) is 6.42 Å². The Hall–Kier alpha value is -2.79. The number of benzene rings is 1. The lowest BCUT2D eigenvalue weighted by atomic mass is 9.87. The number of carbonyl (C=O) groups is 3. The Bertz CT molecular complexity index is 883. The van der Waals surface area contributed by atoms with Gasteiger partial charge in [0.05, 0.1) is 0 Å². The monoisotopic (exact) mass is 490 g/mol. The van der Waals surface area contributed by atoms with Crippen LogP contribution in [0.4, 0.5) is 9.59 Å². The Kier molecular flexibility index (Phi) is 9.97. The van der Waals surface area contributed by atoms with Crippen LogP contribution in [0.3, 0.4) is 0 Å². The van der Waals surface area contributed by atoms with Crippen LogP contribution in [-0.2, 0) is 18.9 Å². The second-order valence-corrected chi connectivity index (χ2v) is 10.4. The molecule has 0 aliphatic carbocycles. The first-order chi connectivity index (χ1) is 16.2. The summed E-state index contributed by atoms with van der Waals surface area (Å²) in [6, 6.07) is 6.38. The quantitative estimate of drug-likeness (QED) is 0.236. The van der Waals surface area contributed by atoms with E-state index in [1.807, 2.05) is 24.3 Å². The van der Waals surface area contributed by atoms with Crippen molar-refractivity contribution < 1.29 is 33.6 Å². The van der Waals surface area contributed by atoms with Gasteiger partial charge < -0.3 is 35.2 Å². The molecule has 35 heavy (non-hydrogen) atoms. The molecule has 3 atom stereocenters. The minimum Gasteiger partial charge on any atom is -0.444 e. The third-order valence-corrected chi connectivity index (χ3v) is 4.82. The first kappa shape index (κ1) is 28.5. The van der Waals surface area contributed by atoms with Crippen LogP contribution >= 0.6 is 0 Å². The molecular formula is C24H37BN3O7. The van der Waals surface area contributed by atoms with Crippen molar-refractivity contribution in [1.29, 1.82) is 0 Å². The number of aliphatic hydroxyl groups is 1. The Morgan fingerprint density at radius 3 is 2.29 bits per heavy atom. The van der Waals surface area contributed by atoms with Crippen LogP contribution in [0.15, 0.2) is 24.3 Å². The van der Waals surface area contributed by atoms with Crippen LogP contribution in [0.2, 0.25) is 0 Å². The van der Waals surface area contributed by atoms with Crippen molar-refractivity contribution in [2.75, 3.05) is 6.54 Å². The van der Waals surface area contributed by atoms with E-state index in [4.69, 9.17) is 14.1 Å². The van der Waals surface area contributed by atoms with Crippen LogP contribution in [0.25, 0.3) is 0 Å². The highest BCUT2D eigenvalue weighted by Crippen LogP contribution is 2.23. The van der Waals surface area contributed by atoms with Gasteiger partial charge in [-0.05, 0) is 71.8 Å². The lowest BCUT2D eigenvalue weighted by Crippen LogP contribution is -2.51. The van der Waals surface area contributed by atoms with Gasteiger partial charge in [0.2, 0.25) is 5.91 Å². The molecule has 0 saturated carbocycles. The second-order valence-electron chi connectivity index (χ2n) is 10.4. The van der Waals surface area contributed by atoms with Gasteiger partial charge in [-0.3, -0.25) is 4.79 Å². The molecule has 0 spiro atoms. The largest absolute Gasteiger partial charge is 0.444 e. The summed E-state index contributed by atoms with van der Waals surface area (Å²) >= 11 is 0. The average Bonchev–Trinajstić information content (AvgIpc) is 3.14. The summed E-state index contributed by atoms with van der Waals surface area (Å²) in [4.78, 5) is 37.0. The third kappa shape index (κ3) is 10.2. The molecule has 11 heteroatoms. The summed E-state index contributed by atoms with van der Waals surface area (Å²) in [6.07, 6.45) is -2.01. The van der Waals surface area contributed by atoms with E-state index >= 15 is 0 Å². The van der Waals surface area contributed by atoms with Gasteiger partial charge in [-0.2, -0.15) is 0 Å². The summed E-state index contributed by atoms with van der Waals surface area (Å²) in [5.74, 6) is -0.573. The molecule has 1 aliphatic heterocycles. The van der Waals surface area contributed by atoms with E-state index in [0.29, 0.717) is 19.4 Å². The van der Waals surface area contributed by atoms with E-state index in [9.17, 15) is 19.5 Å². The zero-order valence-electron chi connectivity index (χ0n) is 21.3. The van der Waals surface area contributed by atoms with E-state index in [1.165, 1.54) is 7.48 Å². The minimum absolute atomic E-state index is 0.266. The van der Waals surface area contributed by atoms with Gasteiger partial charge >= 0.3 is 19.7 Å². The minimum atomic E-state index is -1.32. The molecule has 1 aliphatic rings. The Morgan fingerprint density at radius 1 is 1.00 bits per heavy atom. The van der Waals surface area contributed by atoms with Crippen molar-refractivity contribution in [3.05, 3.63) is 29.8 Å². The molecule has 0 aromatic heterocycles. The SMILES string of the molecule is CC(C)(C)OC(=O)NCCCCC(NC(=O)OC(C)(C)C)C(=O)NC(O)C1O[B]c2ccccc21. The van der Waals surface area contributed by atoms with Gasteiger partial charge in [0, 0.05) is 6.54 Å². The fourth-order valence-electron chi connectivity index (χ4n) is 3.36. The number of aliphatic hydroxyl groups excluding tert-OH is 1. The fraction of sp³-hybridized carbons (Fsp3) is 0.625. The standard InChI is InChI=1S/C24H37BN3O7/c1-23(2,3)33-21(31)26-14-10-9-13-17(27-22(32)34-24(4,5)6)19(29)28-20(30)18-15-11-7-8-12-16(15)25-35-18/h7-8,11-12,17-18,20,30H,9-10,13-14H2,1-6H3,(H,26,31)(H,27,32)(H,28,29). The summed E-state index contributed by atoms with van der Waals surface area (Å²) in [5.41, 5.74) is 0.253. The van der Waals surface area contributed by atoms with Crippen LogP contribution in [-0.4, -0.2) is 60.7 Å². The maximum atomic E-state index is 13.0. The molecule has 4 N–H and O–H groups in total. The number of alkyl carbamates (subject to hydrolysis) is 2. The summed E-state index contributed by atoms with van der Waals surface area (Å²) < 4.78 is 16.0. The van der Waals surface area contributed by atoms with Crippen LogP contribution in [0, 0.1) is 0 Å². The first-order valence-corrected chi connectivity index (χ1v) is 11.8. The van der Waals surface area contributed by atoms with Gasteiger partial charge in [0.1, 0.15) is 23.3 Å². The smallest absolute Gasteiger partial charge is 0.408 e. The summed E-state index contributed by atoms with van der Waals surface area (Å²) in [6.45, 7) is 10.8. The van der Waals surface area contributed by atoms with Crippen LogP contribution < -0.4 is 21.4 Å². The maximum absolute atomic E-state index is 13.0. The predicted octanol–water partition coefficient (Wildman–Crippen LogP) is 2.03. The predicted molar refractivity (Wildman–Crippen MR) is 131 cm³/mol.